The molecule has 20 heteroatoms. The molecule has 0 amide bonds. The third-order valence-electron chi connectivity index (χ3n) is 4.99. The Labute approximate surface area is 284 Å². The summed E-state index contributed by atoms with van der Waals surface area (Å²) in [5.74, 6) is 0.0537. The van der Waals surface area contributed by atoms with Crippen molar-refractivity contribution in [3.63, 3.8) is 0 Å². The molecule has 0 unspecified atom stereocenters. The van der Waals surface area contributed by atoms with E-state index in [9.17, 15) is 25.9 Å². The van der Waals surface area contributed by atoms with Crippen molar-refractivity contribution in [2.75, 3.05) is 24.9 Å². The maximum atomic E-state index is 12.0. The van der Waals surface area contributed by atoms with Gasteiger partial charge in [0.15, 0.2) is 0 Å². The van der Waals surface area contributed by atoms with Crippen molar-refractivity contribution in [1.29, 1.82) is 0 Å². The smallest absolute Gasteiger partial charge is 0.744 e. The molecular formula is C22H18N8Na2O8S2. The van der Waals surface area contributed by atoms with E-state index >= 15 is 0 Å². The zero-order valence-electron chi connectivity index (χ0n) is 22.5. The van der Waals surface area contributed by atoms with E-state index in [1.54, 1.807) is 0 Å². The van der Waals surface area contributed by atoms with Crippen molar-refractivity contribution in [3.05, 3.63) is 60.2 Å². The molecule has 4 aromatic rings. The Bertz CT molecular complexity index is 1680. The number of anilines is 4. The number of nitrogens with zero attached hydrogens (tertiary/aromatic N) is 6. The molecule has 0 saturated heterocycles. The summed E-state index contributed by atoms with van der Waals surface area (Å²) in [4.78, 5) is 21.9. The van der Waals surface area contributed by atoms with Crippen LogP contribution in [-0.4, -0.2) is 70.1 Å². The Kier molecular flexibility index (Phi) is 12.7. The van der Waals surface area contributed by atoms with Gasteiger partial charge in [0.25, 0.3) is 0 Å². The van der Waals surface area contributed by atoms with Crippen LogP contribution in [0.2, 0.25) is 0 Å². The molecule has 0 saturated carbocycles. The Morgan fingerprint density at radius 2 is 1.05 bits per heavy atom. The molecule has 0 fully saturated rings. The SMILES string of the molecule is COc1ncnc(Nc2ccc(/C=C/c3ccc(Nc4ncnc(OC)n4)cc3S(=O)(=O)[O-])c(S(=O)(=O)[O-])c2)n1.[Na+].[Na+]. The van der Waals surface area contributed by atoms with Gasteiger partial charge in [-0.1, -0.05) is 24.3 Å². The first kappa shape index (κ1) is 35.4. The van der Waals surface area contributed by atoms with Gasteiger partial charge in [0.1, 0.15) is 32.9 Å². The van der Waals surface area contributed by atoms with Gasteiger partial charge < -0.3 is 29.2 Å². The Balaban J connectivity index is 0.00000308. The summed E-state index contributed by atoms with van der Waals surface area (Å²) in [5.41, 5.74) is 0.186. The maximum Gasteiger partial charge on any atom is 1.00 e. The number of aromatic nitrogens is 6. The summed E-state index contributed by atoms with van der Waals surface area (Å²) in [6.07, 6.45) is 4.71. The van der Waals surface area contributed by atoms with Crippen LogP contribution >= 0.6 is 0 Å². The fourth-order valence-electron chi connectivity index (χ4n) is 3.25. The molecule has 0 atom stereocenters. The summed E-state index contributed by atoms with van der Waals surface area (Å²) < 4.78 is 81.8. The van der Waals surface area contributed by atoms with Gasteiger partial charge in [-0.25, -0.2) is 26.8 Å². The van der Waals surface area contributed by atoms with E-state index in [0.717, 1.165) is 12.1 Å². The average molecular weight is 633 g/mol. The molecule has 0 aliphatic carbocycles. The zero-order valence-corrected chi connectivity index (χ0v) is 28.2. The monoisotopic (exact) mass is 632 g/mol. The fourth-order valence-corrected chi connectivity index (χ4v) is 4.64. The molecule has 16 nitrogen and oxygen atoms in total. The van der Waals surface area contributed by atoms with Crippen LogP contribution < -0.4 is 79.2 Å². The average Bonchev–Trinajstić information content (AvgIpc) is 2.92. The second kappa shape index (κ2) is 15.1. The molecule has 0 aliphatic rings. The van der Waals surface area contributed by atoms with E-state index in [1.807, 2.05) is 0 Å². The van der Waals surface area contributed by atoms with Gasteiger partial charge in [0.05, 0.1) is 24.0 Å². The molecule has 42 heavy (non-hydrogen) atoms. The Morgan fingerprint density at radius 3 is 1.38 bits per heavy atom. The van der Waals surface area contributed by atoms with Crippen molar-refractivity contribution >= 4 is 55.7 Å². The summed E-state index contributed by atoms with van der Waals surface area (Å²) >= 11 is 0. The number of methoxy groups -OCH3 is 2. The predicted octanol–water partition coefficient (Wildman–Crippen LogP) is -4.45. The van der Waals surface area contributed by atoms with Crippen LogP contribution in [0.25, 0.3) is 12.2 Å². The summed E-state index contributed by atoms with van der Waals surface area (Å²) in [6.45, 7) is 0. The Hall–Kier alpha value is -2.78. The van der Waals surface area contributed by atoms with Gasteiger partial charge in [0.2, 0.25) is 11.9 Å². The largest absolute Gasteiger partial charge is 1.00 e. The second-order valence-electron chi connectivity index (χ2n) is 7.59. The number of hydrogen-bond acceptors (Lipinski definition) is 16. The van der Waals surface area contributed by atoms with Crippen molar-refractivity contribution in [2.45, 2.75) is 9.79 Å². The van der Waals surface area contributed by atoms with Crippen LogP contribution in [0.1, 0.15) is 11.1 Å². The number of nitrogens with one attached hydrogen (secondary N) is 2. The number of benzene rings is 2. The maximum absolute atomic E-state index is 12.0. The quantitative estimate of drug-likeness (QED) is 0.0953. The van der Waals surface area contributed by atoms with Gasteiger partial charge in [0, 0.05) is 11.4 Å². The van der Waals surface area contributed by atoms with Gasteiger partial charge >= 0.3 is 71.1 Å². The normalized spacial score (nSPS) is 11.2. The van der Waals surface area contributed by atoms with Gasteiger partial charge in [-0.3, -0.25) is 0 Å². The van der Waals surface area contributed by atoms with E-state index in [2.05, 4.69) is 40.5 Å². The fraction of sp³-hybridized carbons (Fsp3) is 0.0909. The van der Waals surface area contributed by atoms with Crippen LogP contribution in [0.3, 0.4) is 0 Å². The van der Waals surface area contributed by atoms with E-state index in [1.165, 1.54) is 63.3 Å². The predicted molar refractivity (Wildman–Crippen MR) is 137 cm³/mol. The van der Waals surface area contributed by atoms with Crippen molar-refractivity contribution in [1.82, 2.24) is 29.9 Å². The molecule has 2 N–H and O–H groups in total. The van der Waals surface area contributed by atoms with Crippen LogP contribution in [-0.2, 0) is 20.2 Å². The van der Waals surface area contributed by atoms with Crippen LogP contribution in [0, 0.1) is 0 Å². The van der Waals surface area contributed by atoms with Gasteiger partial charge in [-0.2, -0.15) is 19.9 Å². The van der Waals surface area contributed by atoms with Crippen LogP contribution in [0.15, 0.2) is 58.8 Å². The van der Waals surface area contributed by atoms with Gasteiger partial charge in [-0.15, -0.1) is 0 Å². The van der Waals surface area contributed by atoms with E-state index in [4.69, 9.17) is 9.47 Å². The third-order valence-corrected chi connectivity index (χ3v) is 6.77. The van der Waals surface area contributed by atoms with Gasteiger partial charge in [-0.05, 0) is 35.4 Å². The van der Waals surface area contributed by atoms with E-state index in [0.29, 0.717) is 0 Å². The standard InChI is InChI=1S/C22H20N8O8S2.2Na/c1-37-21-25-11-23-19(29-21)27-15-7-5-13(17(9-15)39(31,32)33)3-4-14-6-8-16(10-18(14)40(34,35)36)28-20-24-12-26-22(30-20)38-2;;/h3-12H,1-2H3,(H,31,32,33)(H,34,35,36)(H,23,25,27,29)(H,24,26,28,30);;/q;2*+1/p-2/b4-3+;;. The molecule has 0 aliphatic heterocycles. The molecule has 0 radical (unpaired) electrons. The second-order valence-corrected chi connectivity index (χ2v) is 10.3. The first-order chi connectivity index (χ1) is 19.0. The first-order valence-corrected chi connectivity index (χ1v) is 13.7. The van der Waals surface area contributed by atoms with Crippen LogP contribution in [0.4, 0.5) is 23.3 Å². The number of hydrogen-bond donors (Lipinski definition) is 2. The molecule has 2 aromatic carbocycles. The molecule has 208 valence electrons. The number of ether oxygens (including phenoxy) is 2. The van der Waals surface area contributed by atoms with Crippen molar-refractivity contribution in [3.8, 4) is 12.0 Å². The van der Waals surface area contributed by atoms with Crippen LogP contribution in [0.5, 0.6) is 12.0 Å². The first-order valence-electron chi connectivity index (χ1n) is 10.8. The Morgan fingerprint density at radius 1 is 0.667 bits per heavy atom. The third kappa shape index (κ3) is 9.36. The molecule has 2 aromatic heterocycles. The molecule has 4 rings (SSSR count). The molecule has 0 spiro atoms. The summed E-state index contributed by atoms with van der Waals surface area (Å²) in [7, 11) is -7.28. The minimum absolute atomic E-state index is 0. The van der Waals surface area contributed by atoms with Crippen molar-refractivity contribution < 1.29 is 94.5 Å². The summed E-state index contributed by atoms with van der Waals surface area (Å²) in [5, 5.41) is 5.47. The summed E-state index contributed by atoms with van der Waals surface area (Å²) in [6, 6.07) is 7.60. The zero-order chi connectivity index (χ0) is 28.9. The van der Waals surface area contributed by atoms with E-state index in [-0.39, 0.29) is 106 Å². The minimum atomic E-state index is -4.99. The molecule has 2 heterocycles. The van der Waals surface area contributed by atoms with Crippen molar-refractivity contribution in [2.24, 2.45) is 0 Å². The molecule has 0 bridgehead atoms. The number of rotatable bonds is 10. The molecular weight excluding hydrogens is 614 g/mol. The topological polar surface area (TPSA) is 234 Å². The minimum Gasteiger partial charge on any atom is -0.744 e. The van der Waals surface area contributed by atoms with E-state index < -0.39 is 30.0 Å².